The molecule has 2 atom stereocenters. The first-order valence-electron chi connectivity index (χ1n) is 7.37. The average Bonchev–Trinajstić information content (AvgIpc) is 2.87. The van der Waals surface area contributed by atoms with Crippen molar-refractivity contribution in [2.75, 3.05) is 53.2 Å². The summed E-state index contributed by atoms with van der Waals surface area (Å²) in [6.45, 7) is 7.58. The van der Waals surface area contributed by atoms with Crippen LogP contribution in [0.1, 0.15) is 26.2 Å². The first kappa shape index (κ1) is 16.9. The number of ether oxygens (including phenoxy) is 4. The highest BCUT2D eigenvalue weighted by Gasteiger charge is 2.24. The summed E-state index contributed by atoms with van der Waals surface area (Å²) >= 11 is 0. The number of methoxy groups -OCH3 is 1. The second kappa shape index (κ2) is 11.6. The molecule has 0 aromatic rings. The summed E-state index contributed by atoms with van der Waals surface area (Å²) in [5, 5.41) is 3.32. The van der Waals surface area contributed by atoms with E-state index in [1.165, 1.54) is 0 Å². The van der Waals surface area contributed by atoms with Gasteiger partial charge in [-0.15, -0.1) is 0 Å². The van der Waals surface area contributed by atoms with E-state index in [0.717, 1.165) is 45.6 Å². The van der Waals surface area contributed by atoms with E-state index in [1.807, 2.05) is 0 Å². The number of nitrogens with one attached hydrogen (secondary N) is 1. The van der Waals surface area contributed by atoms with Crippen molar-refractivity contribution in [3.63, 3.8) is 0 Å². The molecule has 19 heavy (non-hydrogen) atoms. The highest BCUT2D eigenvalue weighted by molar-refractivity contribution is 4.74. The minimum absolute atomic E-state index is 0.276. The highest BCUT2D eigenvalue weighted by atomic mass is 16.5. The zero-order chi connectivity index (χ0) is 13.8. The van der Waals surface area contributed by atoms with Crippen LogP contribution in [0.25, 0.3) is 0 Å². The Bertz CT molecular complexity index is 204. The molecule has 0 spiro atoms. The molecule has 5 heteroatoms. The summed E-state index contributed by atoms with van der Waals surface area (Å²) in [6.07, 6.45) is 3.82. The number of hydrogen-bond acceptors (Lipinski definition) is 5. The molecular formula is C14H29NO4. The van der Waals surface area contributed by atoms with E-state index in [0.29, 0.717) is 25.9 Å². The van der Waals surface area contributed by atoms with Crippen molar-refractivity contribution in [1.29, 1.82) is 0 Å². The van der Waals surface area contributed by atoms with Gasteiger partial charge in [-0.25, -0.2) is 0 Å². The minimum Gasteiger partial charge on any atom is -0.382 e. The fourth-order valence-corrected chi connectivity index (χ4v) is 2.08. The van der Waals surface area contributed by atoms with Gasteiger partial charge in [-0.2, -0.15) is 0 Å². The largest absolute Gasteiger partial charge is 0.382 e. The van der Waals surface area contributed by atoms with Gasteiger partial charge < -0.3 is 24.3 Å². The van der Waals surface area contributed by atoms with Gasteiger partial charge in [0.05, 0.1) is 32.0 Å². The molecule has 1 rings (SSSR count). The monoisotopic (exact) mass is 275 g/mol. The van der Waals surface area contributed by atoms with Gasteiger partial charge in [0.25, 0.3) is 0 Å². The summed E-state index contributed by atoms with van der Waals surface area (Å²) in [5.74, 6) is 0. The van der Waals surface area contributed by atoms with Crippen molar-refractivity contribution in [3.8, 4) is 0 Å². The van der Waals surface area contributed by atoms with Crippen LogP contribution in [-0.2, 0) is 18.9 Å². The van der Waals surface area contributed by atoms with E-state index < -0.39 is 0 Å². The number of hydrogen-bond donors (Lipinski definition) is 1. The molecule has 1 aliphatic heterocycles. The zero-order valence-corrected chi connectivity index (χ0v) is 12.4. The van der Waals surface area contributed by atoms with Crippen molar-refractivity contribution in [2.24, 2.45) is 0 Å². The van der Waals surface area contributed by atoms with Crippen LogP contribution in [0.15, 0.2) is 0 Å². The van der Waals surface area contributed by atoms with Gasteiger partial charge in [0, 0.05) is 26.9 Å². The van der Waals surface area contributed by atoms with E-state index in [2.05, 4.69) is 12.2 Å². The lowest BCUT2D eigenvalue weighted by Gasteiger charge is -2.14. The Morgan fingerprint density at radius 1 is 1.05 bits per heavy atom. The van der Waals surface area contributed by atoms with Crippen LogP contribution in [0.3, 0.4) is 0 Å². The highest BCUT2D eigenvalue weighted by Crippen LogP contribution is 2.19. The molecule has 0 aliphatic carbocycles. The molecule has 114 valence electrons. The molecule has 0 radical (unpaired) electrons. The minimum atomic E-state index is 0.276. The topological polar surface area (TPSA) is 49.0 Å². The van der Waals surface area contributed by atoms with Crippen LogP contribution >= 0.6 is 0 Å². The van der Waals surface area contributed by atoms with Crippen LogP contribution in [0.2, 0.25) is 0 Å². The molecule has 1 fully saturated rings. The first-order valence-corrected chi connectivity index (χ1v) is 7.37. The van der Waals surface area contributed by atoms with E-state index in [1.54, 1.807) is 7.11 Å². The molecule has 2 unspecified atom stereocenters. The number of likely N-dealkylation sites (N-methyl/N-ethyl adjacent to an activating group) is 1. The summed E-state index contributed by atoms with van der Waals surface area (Å²) < 4.78 is 21.8. The third-order valence-corrected chi connectivity index (χ3v) is 3.13. The standard InChI is InChI=1S/C14H29NO4/c1-3-15-11-13-5-6-14(19-13)12-18-8-4-7-17-10-9-16-2/h13-15H,3-12H2,1-2H3. The third kappa shape index (κ3) is 8.55. The molecule has 1 heterocycles. The molecule has 0 amide bonds. The lowest BCUT2D eigenvalue weighted by molar-refractivity contribution is -0.0194. The Morgan fingerprint density at radius 2 is 1.84 bits per heavy atom. The summed E-state index contributed by atoms with van der Waals surface area (Å²) in [7, 11) is 1.68. The lowest BCUT2D eigenvalue weighted by Crippen LogP contribution is -2.27. The second-order valence-electron chi connectivity index (χ2n) is 4.80. The van der Waals surface area contributed by atoms with Gasteiger partial charge in [-0.05, 0) is 25.8 Å². The van der Waals surface area contributed by atoms with Crippen molar-refractivity contribution in [3.05, 3.63) is 0 Å². The predicted octanol–water partition coefficient (Wildman–Crippen LogP) is 1.21. The van der Waals surface area contributed by atoms with Crippen LogP contribution in [0, 0.1) is 0 Å². The lowest BCUT2D eigenvalue weighted by atomic mass is 10.2. The molecule has 1 aliphatic rings. The van der Waals surface area contributed by atoms with E-state index >= 15 is 0 Å². The van der Waals surface area contributed by atoms with Gasteiger partial charge in [-0.3, -0.25) is 0 Å². The Labute approximate surface area is 116 Å². The maximum Gasteiger partial charge on any atom is 0.0813 e. The maximum absolute atomic E-state index is 5.89. The molecule has 0 bridgehead atoms. The third-order valence-electron chi connectivity index (χ3n) is 3.13. The van der Waals surface area contributed by atoms with Crippen LogP contribution in [0.5, 0.6) is 0 Å². The van der Waals surface area contributed by atoms with Crippen molar-refractivity contribution in [1.82, 2.24) is 5.32 Å². The van der Waals surface area contributed by atoms with Crippen LogP contribution in [-0.4, -0.2) is 65.4 Å². The second-order valence-corrected chi connectivity index (χ2v) is 4.80. The SMILES string of the molecule is CCNCC1CCC(COCCCOCCOC)O1. The summed E-state index contributed by atoms with van der Waals surface area (Å²) in [5.41, 5.74) is 0. The van der Waals surface area contributed by atoms with Gasteiger partial charge in [0.15, 0.2) is 0 Å². The Balaban J connectivity index is 1.85. The fourth-order valence-electron chi connectivity index (χ4n) is 2.08. The zero-order valence-electron chi connectivity index (χ0n) is 12.4. The smallest absolute Gasteiger partial charge is 0.0813 e. The molecule has 0 aromatic heterocycles. The normalized spacial score (nSPS) is 23.1. The van der Waals surface area contributed by atoms with E-state index in [9.17, 15) is 0 Å². The Hall–Kier alpha value is -0.200. The summed E-state index contributed by atoms with van der Waals surface area (Å²) in [4.78, 5) is 0. The van der Waals surface area contributed by atoms with Gasteiger partial charge >= 0.3 is 0 Å². The van der Waals surface area contributed by atoms with E-state index in [4.69, 9.17) is 18.9 Å². The Kier molecular flexibility index (Phi) is 10.3. The van der Waals surface area contributed by atoms with Crippen molar-refractivity contribution in [2.45, 2.75) is 38.4 Å². The molecule has 0 aromatic carbocycles. The molecule has 5 nitrogen and oxygen atoms in total. The Morgan fingerprint density at radius 3 is 2.63 bits per heavy atom. The van der Waals surface area contributed by atoms with Crippen molar-refractivity contribution >= 4 is 0 Å². The number of rotatable bonds is 12. The van der Waals surface area contributed by atoms with Crippen LogP contribution < -0.4 is 5.32 Å². The maximum atomic E-state index is 5.89. The van der Waals surface area contributed by atoms with Gasteiger partial charge in [-0.1, -0.05) is 6.92 Å². The fraction of sp³-hybridized carbons (Fsp3) is 1.00. The van der Waals surface area contributed by atoms with Crippen LogP contribution in [0.4, 0.5) is 0 Å². The van der Waals surface area contributed by atoms with Crippen molar-refractivity contribution < 1.29 is 18.9 Å². The van der Waals surface area contributed by atoms with Gasteiger partial charge in [0.1, 0.15) is 0 Å². The molecule has 1 saturated heterocycles. The summed E-state index contributed by atoms with van der Waals surface area (Å²) in [6, 6.07) is 0. The average molecular weight is 275 g/mol. The predicted molar refractivity (Wildman–Crippen MR) is 74.6 cm³/mol. The van der Waals surface area contributed by atoms with Gasteiger partial charge in [0.2, 0.25) is 0 Å². The first-order chi connectivity index (χ1) is 9.36. The quantitative estimate of drug-likeness (QED) is 0.543. The molecule has 1 N–H and O–H groups in total. The molecule has 0 saturated carbocycles. The molecular weight excluding hydrogens is 246 g/mol. The van der Waals surface area contributed by atoms with E-state index in [-0.39, 0.29) is 6.10 Å².